The average Bonchev–Trinajstić information content (AvgIpc) is 1.96. The molecule has 2 N–H and O–H groups in total. The molecule has 1 heterocycles. The van der Waals surface area contributed by atoms with Crippen LogP contribution in [0.1, 0.15) is 19.3 Å². The van der Waals surface area contributed by atoms with Crippen LogP contribution in [0.4, 0.5) is 4.39 Å². The summed E-state index contributed by atoms with van der Waals surface area (Å²) in [5, 5.41) is 11.9. The number of rotatable bonds is 1. The summed E-state index contributed by atoms with van der Waals surface area (Å²) in [6, 6.07) is 0. The normalized spacial score (nSPS) is 34.4. The molecule has 0 saturated carbocycles. The first-order valence-electron chi connectivity index (χ1n) is 4.28. The van der Waals surface area contributed by atoms with Gasteiger partial charge in [-0.25, -0.2) is 4.39 Å². The Labute approximate surface area is 66.8 Å². The quantitative estimate of drug-likeness (QED) is 0.593. The van der Waals surface area contributed by atoms with Gasteiger partial charge >= 0.3 is 0 Å². The Morgan fingerprint density at radius 1 is 1.55 bits per heavy atom. The molecule has 0 spiro atoms. The molecule has 0 bridgehead atoms. The van der Waals surface area contributed by atoms with Crippen LogP contribution in [0.5, 0.6) is 0 Å². The second-order valence-electron chi connectivity index (χ2n) is 3.23. The van der Waals surface area contributed by atoms with E-state index < -0.39 is 6.17 Å². The molecule has 0 amide bonds. The highest BCUT2D eigenvalue weighted by Crippen LogP contribution is 2.16. The summed E-state index contributed by atoms with van der Waals surface area (Å²) in [5.41, 5.74) is 0. The van der Waals surface area contributed by atoms with Crippen LogP contribution >= 0.6 is 0 Å². The smallest absolute Gasteiger partial charge is 0.113 e. The molecule has 0 aromatic heterocycles. The number of aliphatic hydroxyl groups excluding tert-OH is 1. The molecule has 1 aliphatic rings. The van der Waals surface area contributed by atoms with Crippen LogP contribution in [0.25, 0.3) is 0 Å². The maximum atomic E-state index is 12.9. The zero-order valence-corrected chi connectivity index (χ0v) is 6.72. The summed E-state index contributed by atoms with van der Waals surface area (Å²) in [6.45, 7) is 1.48. The summed E-state index contributed by atoms with van der Waals surface area (Å²) in [7, 11) is 0. The van der Waals surface area contributed by atoms with Crippen LogP contribution in [0.3, 0.4) is 0 Å². The number of hydrogen-bond donors (Lipinski definition) is 2. The standard InChI is InChI=1S/C8H16FNO/c9-8-4-7(6-11)2-1-3-10-5-8/h7-8,10-11H,1-6H2/t7-,8-/m1/s1. The summed E-state index contributed by atoms with van der Waals surface area (Å²) < 4.78 is 12.9. The second-order valence-corrected chi connectivity index (χ2v) is 3.23. The van der Waals surface area contributed by atoms with Crippen molar-refractivity contribution in [3.8, 4) is 0 Å². The van der Waals surface area contributed by atoms with Crippen molar-refractivity contribution in [1.82, 2.24) is 5.32 Å². The van der Waals surface area contributed by atoms with Gasteiger partial charge in [0.05, 0.1) is 0 Å². The van der Waals surface area contributed by atoms with Gasteiger partial charge in [0.25, 0.3) is 0 Å². The Morgan fingerprint density at radius 3 is 3.09 bits per heavy atom. The van der Waals surface area contributed by atoms with E-state index in [0.29, 0.717) is 13.0 Å². The highest BCUT2D eigenvalue weighted by molar-refractivity contribution is 4.70. The number of nitrogens with one attached hydrogen (secondary N) is 1. The Morgan fingerprint density at radius 2 is 2.36 bits per heavy atom. The number of halogens is 1. The molecule has 1 saturated heterocycles. The lowest BCUT2D eigenvalue weighted by Crippen LogP contribution is -2.30. The van der Waals surface area contributed by atoms with E-state index in [9.17, 15) is 4.39 Å². The SMILES string of the molecule is OC[C@@H]1CCCNC[C@H](F)C1. The molecule has 1 rings (SSSR count). The second kappa shape index (κ2) is 4.67. The highest BCUT2D eigenvalue weighted by Gasteiger charge is 2.16. The minimum absolute atomic E-state index is 0.139. The molecule has 66 valence electrons. The number of hydrogen-bond acceptors (Lipinski definition) is 2. The molecule has 0 radical (unpaired) electrons. The Hall–Kier alpha value is -0.150. The average molecular weight is 161 g/mol. The summed E-state index contributed by atoms with van der Waals surface area (Å²) in [6.07, 6.45) is 1.75. The number of aliphatic hydroxyl groups is 1. The van der Waals surface area contributed by atoms with Gasteiger partial charge in [0.2, 0.25) is 0 Å². The zero-order chi connectivity index (χ0) is 8.10. The van der Waals surface area contributed by atoms with Gasteiger partial charge in [-0.05, 0) is 31.7 Å². The third kappa shape index (κ3) is 3.16. The molecular formula is C8H16FNO. The molecule has 2 atom stereocenters. The van der Waals surface area contributed by atoms with Crippen molar-refractivity contribution in [2.75, 3.05) is 19.7 Å². The third-order valence-electron chi connectivity index (χ3n) is 2.18. The molecule has 11 heavy (non-hydrogen) atoms. The predicted molar refractivity (Wildman–Crippen MR) is 42.2 cm³/mol. The van der Waals surface area contributed by atoms with Crippen molar-refractivity contribution in [2.45, 2.75) is 25.4 Å². The Kier molecular flexibility index (Phi) is 3.80. The largest absolute Gasteiger partial charge is 0.396 e. The minimum atomic E-state index is -0.771. The van der Waals surface area contributed by atoms with Crippen LogP contribution in [0.15, 0.2) is 0 Å². The summed E-state index contributed by atoms with van der Waals surface area (Å²) in [4.78, 5) is 0. The van der Waals surface area contributed by atoms with E-state index in [2.05, 4.69) is 5.32 Å². The molecule has 1 fully saturated rings. The Balaban J connectivity index is 2.29. The molecule has 0 aromatic carbocycles. The first-order valence-corrected chi connectivity index (χ1v) is 4.28. The van der Waals surface area contributed by atoms with Crippen LogP contribution in [0.2, 0.25) is 0 Å². The van der Waals surface area contributed by atoms with Crippen LogP contribution < -0.4 is 5.32 Å². The van der Waals surface area contributed by atoms with Gasteiger partial charge in [-0.3, -0.25) is 0 Å². The van der Waals surface area contributed by atoms with Gasteiger partial charge in [-0.15, -0.1) is 0 Å². The van der Waals surface area contributed by atoms with Gasteiger partial charge < -0.3 is 10.4 Å². The topological polar surface area (TPSA) is 32.3 Å². The van der Waals surface area contributed by atoms with Gasteiger partial charge in [0, 0.05) is 13.2 Å². The molecule has 1 aliphatic heterocycles. The van der Waals surface area contributed by atoms with Crippen molar-refractivity contribution in [3.63, 3.8) is 0 Å². The maximum Gasteiger partial charge on any atom is 0.113 e. The lowest BCUT2D eigenvalue weighted by Gasteiger charge is -2.20. The van der Waals surface area contributed by atoms with E-state index in [1.54, 1.807) is 0 Å². The van der Waals surface area contributed by atoms with Crippen molar-refractivity contribution >= 4 is 0 Å². The van der Waals surface area contributed by atoms with Crippen molar-refractivity contribution in [1.29, 1.82) is 0 Å². The third-order valence-corrected chi connectivity index (χ3v) is 2.18. The fraction of sp³-hybridized carbons (Fsp3) is 1.00. The highest BCUT2D eigenvalue weighted by atomic mass is 19.1. The molecule has 0 aromatic rings. The molecule has 2 nitrogen and oxygen atoms in total. The first kappa shape index (κ1) is 8.94. The molecule has 3 heteroatoms. The summed E-state index contributed by atoms with van der Waals surface area (Å²) >= 11 is 0. The lowest BCUT2D eigenvalue weighted by molar-refractivity contribution is 0.160. The van der Waals surface area contributed by atoms with Gasteiger partial charge in [-0.2, -0.15) is 0 Å². The van der Waals surface area contributed by atoms with Crippen LogP contribution in [-0.4, -0.2) is 31.0 Å². The van der Waals surface area contributed by atoms with E-state index in [1.807, 2.05) is 0 Å². The zero-order valence-electron chi connectivity index (χ0n) is 6.72. The molecule has 0 aliphatic carbocycles. The number of alkyl halides is 1. The monoisotopic (exact) mass is 161 g/mol. The van der Waals surface area contributed by atoms with E-state index in [-0.39, 0.29) is 12.5 Å². The van der Waals surface area contributed by atoms with E-state index in [1.165, 1.54) is 0 Å². The molecule has 0 unspecified atom stereocenters. The fourth-order valence-corrected chi connectivity index (χ4v) is 1.50. The maximum absolute atomic E-state index is 12.9. The predicted octanol–water partition coefficient (Wildman–Crippen LogP) is 0.706. The van der Waals surface area contributed by atoms with Gasteiger partial charge in [0.1, 0.15) is 6.17 Å². The van der Waals surface area contributed by atoms with Gasteiger partial charge in [-0.1, -0.05) is 0 Å². The van der Waals surface area contributed by atoms with Gasteiger partial charge in [0.15, 0.2) is 0 Å². The van der Waals surface area contributed by atoms with Crippen LogP contribution in [-0.2, 0) is 0 Å². The first-order chi connectivity index (χ1) is 5.33. The fourth-order valence-electron chi connectivity index (χ4n) is 1.50. The lowest BCUT2D eigenvalue weighted by atomic mass is 9.96. The molecular weight excluding hydrogens is 145 g/mol. The minimum Gasteiger partial charge on any atom is -0.396 e. The van der Waals surface area contributed by atoms with Crippen LogP contribution in [0, 0.1) is 5.92 Å². The summed E-state index contributed by atoms with van der Waals surface area (Å²) in [5.74, 6) is 0.187. The van der Waals surface area contributed by atoms with E-state index in [0.717, 1.165) is 19.4 Å². The van der Waals surface area contributed by atoms with Crippen molar-refractivity contribution in [3.05, 3.63) is 0 Å². The Bertz CT molecular complexity index is 110. The van der Waals surface area contributed by atoms with Crippen molar-refractivity contribution in [2.24, 2.45) is 5.92 Å². The van der Waals surface area contributed by atoms with E-state index >= 15 is 0 Å². The van der Waals surface area contributed by atoms with Crippen molar-refractivity contribution < 1.29 is 9.50 Å². The van der Waals surface area contributed by atoms with E-state index in [4.69, 9.17) is 5.11 Å².